The molecule has 6 atom stereocenters. The zero-order valence-corrected chi connectivity index (χ0v) is 21.4. The molecule has 9 heteroatoms. The molecule has 5 aliphatic rings. The van der Waals surface area contributed by atoms with Crippen LogP contribution in [0, 0.1) is 28.6 Å². The Balaban J connectivity index is 1.24. The summed E-state index contributed by atoms with van der Waals surface area (Å²) in [5, 5.41) is 16.0. The molecule has 1 N–H and O–H groups in total. The summed E-state index contributed by atoms with van der Waals surface area (Å²) in [6.45, 7) is 5.55. The third-order valence-corrected chi connectivity index (χ3v) is 10.3. The highest BCUT2D eigenvalue weighted by Gasteiger charge is 2.65. The minimum absolute atomic E-state index is 0.0427. The van der Waals surface area contributed by atoms with Crippen molar-refractivity contribution in [3.8, 4) is 0 Å². The van der Waals surface area contributed by atoms with Gasteiger partial charge in [-0.2, -0.15) is 0 Å². The fourth-order valence-electron chi connectivity index (χ4n) is 8.19. The Morgan fingerprint density at radius 2 is 1.72 bits per heavy atom. The van der Waals surface area contributed by atoms with Crippen LogP contribution in [0.2, 0.25) is 0 Å². The summed E-state index contributed by atoms with van der Waals surface area (Å²) >= 11 is 0. The molecule has 0 radical (unpaired) electrons. The molecule has 196 valence electrons. The normalized spacial score (nSPS) is 40.9. The number of aliphatic hydroxyl groups is 1. The standard InChI is InChI=1S/C27H36N2O7/c1-16(30)27(34)13-10-21-19-5-4-17-14-18(8-11-25(17,2)20(19)9-12-26(21,27)3)28-35-15-24(33)36-29-22(31)6-7-23(29)32/h14,19-21,34H,4-13,15H2,1-3H3/b28-18+/t19-,20-,21+,25-,26-,27-/m0/s1. The average molecular weight is 501 g/mol. The lowest BCUT2D eigenvalue weighted by Crippen LogP contribution is -2.57. The number of oxime groups is 1. The van der Waals surface area contributed by atoms with Crippen LogP contribution in [0.5, 0.6) is 0 Å². The summed E-state index contributed by atoms with van der Waals surface area (Å²) < 4.78 is 0. The van der Waals surface area contributed by atoms with E-state index in [1.54, 1.807) is 0 Å². The molecule has 4 aliphatic carbocycles. The quantitative estimate of drug-likeness (QED) is 0.454. The van der Waals surface area contributed by atoms with E-state index < -0.39 is 30.0 Å². The minimum Gasteiger partial charge on any atom is -0.383 e. The highest BCUT2D eigenvalue weighted by Crippen LogP contribution is 2.67. The van der Waals surface area contributed by atoms with Gasteiger partial charge in [-0.15, -0.1) is 5.06 Å². The molecule has 1 heterocycles. The van der Waals surface area contributed by atoms with Crippen molar-refractivity contribution >= 4 is 29.3 Å². The number of allylic oxidation sites excluding steroid dienone is 2. The first kappa shape index (κ1) is 25.1. The fraction of sp³-hybridized carbons (Fsp3) is 0.741. The minimum atomic E-state index is -1.19. The summed E-state index contributed by atoms with van der Waals surface area (Å²) in [5.41, 5.74) is 0.646. The van der Waals surface area contributed by atoms with E-state index in [-0.39, 0.29) is 29.5 Å². The molecule has 0 aromatic heterocycles. The molecule has 0 spiro atoms. The second-order valence-electron chi connectivity index (χ2n) is 11.8. The van der Waals surface area contributed by atoms with Gasteiger partial charge in [-0.1, -0.05) is 24.6 Å². The number of Topliss-reactive ketones (excluding diaryl/α,β-unsaturated/α-hetero) is 1. The molecule has 0 bridgehead atoms. The highest BCUT2D eigenvalue weighted by molar-refractivity contribution is 6.01. The van der Waals surface area contributed by atoms with Crippen LogP contribution < -0.4 is 0 Å². The van der Waals surface area contributed by atoms with Crippen molar-refractivity contribution in [2.45, 2.75) is 90.6 Å². The number of nitrogens with zero attached hydrogens (tertiary/aromatic N) is 2. The zero-order chi connectivity index (χ0) is 25.9. The van der Waals surface area contributed by atoms with E-state index >= 15 is 0 Å². The van der Waals surface area contributed by atoms with E-state index in [2.05, 4.69) is 25.1 Å². The van der Waals surface area contributed by atoms with E-state index in [0.717, 1.165) is 50.7 Å². The first-order valence-electron chi connectivity index (χ1n) is 13.2. The molecule has 0 unspecified atom stereocenters. The van der Waals surface area contributed by atoms with Crippen molar-refractivity contribution in [2.75, 3.05) is 6.61 Å². The van der Waals surface area contributed by atoms with Gasteiger partial charge in [0.25, 0.3) is 11.8 Å². The summed E-state index contributed by atoms with van der Waals surface area (Å²) in [5.74, 6) is -0.616. The Bertz CT molecular complexity index is 1050. The third-order valence-electron chi connectivity index (χ3n) is 10.3. The largest absolute Gasteiger partial charge is 0.383 e. The predicted octanol–water partition coefficient (Wildman–Crippen LogP) is 3.25. The molecule has 4 fully saturated rings. The van der Waals surface area contributed by atoms with Crippen LogP contribution in [-0.4, -0.2) is 51.7 Å². The number of imide groups is 1. The van der Waals surface area contributed by atoms with Crippen LogP contribution in [0.4, 0.5) is 0 Å². The van der Waals surface area contributed by atoms with Gasteiger partial charge in [0.1, 0.15) is 5.60 Å². The van der Waals surface area contributed by atoms with Crippen molar-refractivity contribution in [1.29, 1.82) is 0 Å². The van der Waals surface area contributed by atoms with Gasteiger partial charge in [0.2, 0.25) is 6.61 Å². The van der Waals surface area contributed by atoms with E-state index in [4.69, 9.17) is 9.68 Å². The predicted molar refractivity (Wildman–Crippen MR) is 128 cm³/mol. The first-order valence-corrected chi connectivity index (χ1v) is 13.2. The lowest BCUT2D eigenvalue weighted by Gasteiger charge is -2.59. The lowest BCUT2D eigenvalue weighted by molar-refractivity contribution is -0.200. The molecular weight excluding hydrogens is 464 g/mol. The average Bonchev–Trinajstić information content (AvgIpc) is 3.30. The van der Waals surface area contributed by atoms with E-state index in [1.165, 1.54) is 12.5 Å². The Labute approximate surface area is 211 Å². The fourth-order valence-corrected chi connectivity index (χ4v) is 8.19. The highest BCUT2D eigenvalue weighted by atomic mass is 16.7. The number of carbonyl (C=O) groups excluding carboxylic acids is 4. The van der Waals surface area contributed by atoms with Crippen molar-refractivity contribution in [3.05, 3.63) is 11.6 Å². The van der Waals surface area contributed by atoms with E-state index in [0.29, 0.717) is 29.2 Å². The monoisotopic (exact) mass is 500 g/mol. The molecule has 2 amide bonds. The molecule has 5 rings (SSSR count). The summed E-state index contributed by atoms with van der Waals surface area (Å²) in [6, 6.07) is 0. The first-order chi connectivity index (χ1) is 17.0. The number of ketones is 1. The smallest absolute Gasteiger partial charge is 0.373 e. The maximum absolute atomic E-state index is 12.4. The van der Waals surface area contributed by atoms with Gasteiger partial charge in [0.05, 0.1) is 5.71 Å². The van der Waals surface area contributed by atoms with Crippen molar-refractivity contribution in [1.82, 2.24) is 5.06 Å². The summed E-state index contributed by atoms with van der Waals surface area (Å²) in [7, 11) is 0. The second kappa shape index (κ2) is 8.78. The number of hydrogen-bond acceptors (Lipinski definition) is 8. The van der Waals surface area contributed by atoms with Crippen LogP contribution in [0.25, 0.3) is 0 Å². The number of carbonyl (C=O) groups is 4. The maximum atomic E-state index is 12.4. The molecular formula is C27H36N2O7. The van der Waals surface area contributed by atoms with Gasteiger partial charge in [0, 0.05) is 18.3 Å². The Kier molecular flexibility index (Phi) is 6.13. The summed E-state index contributed by atoms with van der Waals surface area (Å²) in [4.78, 5) is 57.5. The molecule has 0 aromatic carbocycles. The van der Waals surface area contributed by atoms with Gasteiger partial charge in [-0.3, -0.25) is 14.4 Å². The van der Waals surface area contributed by atoms with E-state index in [9.17, 15) is 24.3 Å². The summed E-state index contributed by atoms with van der Waals surface area (Å²) in [6.07, 6.45) is 9.19. The Hall–Kier alpha value is -2.55. The third kappa shape index (κ3) is 3.73. The van der Waals surface area contributed by atoms with Gasteiger partial charge >= 0.3 is 5.97 Å². The Morgan fingerprint density at radius 3 is 2.42 bits per heavy atom. The van der Waals surface area contributed by atoms with Crippen LogP contribution in [0.15, 0.2) is 16.8 Å². The topological polar surface area (TPSA) is 123 Å². The molecule has 36 heavy (non-hydrogen) atoms. The molecule has 0 aromatic rings. The molecule has 1 saturated heterocycles. The van der Waals surface area contributed by atoms with Gasteiger partial charge in [-0.05, 0) is 87.5 Å². The van der Waals surface area contributed by atoms with E-state index in [1.807, 2.05) is 0 Å². The molecule has 1 aliphatic heterocycles. The van der Waals surface area contributed by atoms with Gasteiger partial charge < -0.3 is 14.8 Å². The van der Waals surface area contributed by atoms with Crippen LogP contribution in [-0.2, 0) is 28.9 Å². The van der Waals surface area contributed by atoms with Gasteiger partial charge in [-0.25, -0.2) is 4.79 Å². The SMILES string of the molecule is CC(=O)[C@@]1(O)CC[C@@H]2[C@H]3CCC4=C/C(=N/OCC(=O)ON5C(=O)CCC5=O)CC[C@]4(C)[C@H]3CC[C@@]21C. The zero-order valence-electron chi connectivity index (χ0n) is 21.4. The number of rotatable bonds is 5. The number of hydroxylamine groups is 2. The lowest BCUT2D eigenvalue weighted by atomic mass is 9.46. The molecule has 3 saturated carbocycles. The number of fused-ring (bicyclic) bond motifs is 5. The van der Waals surface area contributed by atoms with Crippen molar-refractivity contribution in [2.24, 2.45) is 33.7 Å². The number of hydrogen-bond donors (Lipinski definition) is 1. The van der Waals surface area contributed by atoms with Crippen molar-refractivity contribution < 1.29 is 34.0 Å². The van der Waals surface area contributed by atoms with Crippen LogP contribution >= 0.6 is 0 Å². The van der Waals surface area contributed by atoms with Crippen molar-refractivity contribution in [3.63, 3.8) is 0 Å². The van der Waals surface area contributed by atoms with Crippen LogP contribution in [0.1, 0.15) is 85.0 Å². The van der Waals surface area contributed by atoms with Gasteiger partial charge in [0.15, 0.2) is 5.78 Å². The Morgan fingerprint density at radius 1 is 1.03 bits per heavy atom. The maximum Gasteiger partial charge on any atom is 0.373 e. The second-order valence-corrected chi connectivity index (χ2v) is 11.8. The molecule has 9 nitrogen and oxygen atoms in total. The van der Waals surface area contributed by atoms with Crippen LogP contribution in [0.3, 0.4) is 0 Å². The number of amides is 2.